The number of benzene rings is 3. The quantitative estimate of drug-likeness (QED) is 0.398. The van der Waals surface area contributed by atoms with E-state index in [1.54, 1.807) is 26.2 Å². The number of carboxylic acids is 1. The van der Waals surface area contributed by atoms with E-state index < -0.39 is 5.97 Å². The molecule has 0 spiro atoms. The number of aromatic nitrogens is 2. The summed E-state index contributed by atoms with van der Waals surface area (Å²) in [4.78, 5) is 26.0. The molecule has 178 valence electrons. The maximum Gasteiger partial charge on any atom is 0.340 e. The molecule has 1 aromatic heterocycles. The zero-order chi connectivity index (χ0) is 25.4. The minimum atomic E-state index is -0.833. The van der Waals surface area contributed by atoms with E-state index >= 15 is 0 Å². The maximum absolute atomic E-state index is 12.5. The summed E-state index contributed by atoms with van der Waals surface area (Å²) in [5, 5.41) is 16.8. The number of fused-ring (bicyclic) bond motifs is 1. The Kier molecular flexibility index (Phi) is 8.20. The number of aliphatic carboxylic acids is 1. The number of imidazole rings is 1. The van der Waals surface area contributed by atoms with Gasteiger partial charge in [0.2, 0.25) is 0 Å². The van der Waals surface area contributed by atoms with Crippen LogP contribution in [-0.2, 0) is 16.1 Å². The minimum absolute atomic E-state index is 0.298. The molecule has 0 bridgehead atoms. The number of carboxylic acid groups (broad SMARTS) is 1. The predicted molar refractivity (Wildman–Crippen MR) is 131 cm³/mol. The van der Waals surface area contributed by atoms with Crippen molar-refractivity contribution in [2.75, 3.05) is 13.7 Å². The van der Waals surface area contributed by atoms with Gasteiger partial charge >= 0.3 is 5.97 Å². The Morgan fingerprint density at radius 3 is 2.37 bits per heavy atom. The highest BCUT2D eigenvalue weighted by Gasteiger charge is 2.19. The van der Waals surface area contributed by atoms with Gasteiger partial charge in [0.15, 0.2) is 0 Å². The number of nitriles is 1. The number of carbonyl (C=O) groups excluding carboxylic acids is 1. The Labute approximate surface area is 203 Å². The van der Waals surface area contributed by atoms with Crippen molar-refractivity contribution in [1.29, 1.82) is 5.26 Å². The molecule has 0 saturated carbocycles. The molecule has 0 saturated heterocycles. The fourth-order valence-corrected chi connectivity index (χ4v) is 3.64. The van der Waals surface area contributed by atoms with Gasteiger partial charge in [0.25, 0.3) is 12.0 Å². The van der Waals surface area contributed by atoms with E-state index in [0.717, 1.165) is 23.6 Å². The first-order valence-corrected chi connectivity index (χ1v) is 10.9. The summed E-state index contributed by atoms with van der Waals surface area (Å²) in [5.74, 6) is -1.22. The predicted octanol–water partition coefficient (Wildman–Crippen LogP) is 4.90. The van der Waals surface area contributed by atoms with Crippen LogP contribution in [0.3, 0.4) is 0 Å². The number of hydrogen-bond donors (Lipinski definition) is 1. The lowest BCUT2D eigenvalue weighted by Gasteiger charge is -2.11. The molecular formula is C27H25N3O5. The van der Waals surface area contributed by atoms with Crippen LogP contribution in [0.1, 0.15) is 35.3 Å². The van der Waals surface area contributed by atoms with Gasteiger partial charge in [-0.15, -0.1) is 0 Å². The van der Waals surface area contributed by atoms with Crippen molar-refractivity contribution in [1.82, 2.24) is 9.55 Å². The molecule has 1 N–H and O–H groups in total. The highest BCUT2D eigenvalue weighted by Crippen LogP contribution is 2.28. The Bertz CT molecular complexity index is 1380. The average molecular weight is 472 g/mol. The second-order valence-electron chi connectivity index (χ2n) is 7.45. The Balaban J connectivity index is 0.000000795. The fraction of sp³-hybridized carbons (Fsp3) is 0.185. The normalized spacial score (nSPS) is 10.1. The third-order valence-electron chi connectivity index (χ3n) is 5.06. The second-order valence-corrected chi connectivity index (χ2v) is 7.45. The summed E-state index contributed by atoms with van der Waals surface area (Å²) >= 11 is 0. The molecule has 0 aliphatic rings. The fourth-order valence-electron chi connectivity index (χ4n) is 3.64. The van der Waals surface area contributed by atoms with E-state index in [9.17, 15) is 10.1 Å². The first-order valence-electron chi connectivity index (χ1n) is 10.9. The summed E-state index contributed by atoms with van der Waals surface area (Å²) in [5.41, 5.74) is 5.31. The lowest BCUT2D eigenvalue weighted by atomic mass is 9.99. The largest absolute Gasteiger partial charge is 0.481 e. The summed E-state index contributed by atoms with van der Waals surface area (Å²) < 4.78 is 12.6. The smallest absolute Gasteiger partial charge is 0.340 e. The molecule has 8 heteroatoms. The number of hydrogen-bond acceptors (Lipinski definition) is 6. The van der Waals surface area contributed by atoms with Crippen molar-refractivity contribution in [2.24, 2.45) is 0 Å². The van der Waals surface area contributed by atoms with E-state index in [1.807, 2.05) is 59.2 Å². The van der Waals surface area contributed by atoms with Crippen molar-refractivity contribution >= 4 is 23.0 Å². The molecule has 35 heavy (non-hydrogen) atoms. The van der Waals surface area contributed by atoms with Crippen molar-refractivity contribution in [3.63, 3.8) is 0 Å². The van der Waals surface area contributed by atoms with Crippen LogP contribution in [0.5, 0.6) is 6.01 Å². The molecule has 0 aliphatic carbocycles. The average Bonchev–Trinajstić information content (AvgIpc) is 3.22. The van der Waals surface area contributed by atoms with Gasteiger partial charge in [-0.25, -0.2) is 4.79 Å². The SMILES string of the molecule is CC(=O)O.CCOC(=O)c1cccc2nc(OC)n(Cc3ccc(-c4ccccc4C#N)cc3)c12. The molecule has 0 atom stereocenters. The zero-order valence-electron chi connectivity index (χ0n) is 19.7. The number of methoxy groups -OCH3 is 1. The number of para-hydroxylation sites is 1. The number of nitrogens with zero attached hydrogens (tertiary/aromatic N) is 3. The summed E-state index contributed by atoms with van der Waals surface area (Å²) in [7, 11) is 1.56. The summed E-state index contributed by atoms with van der Waals surface area (Å²) in [6, 6.07) is 23.5. The highest BCUT2D eigenvalue weighted by atomic mass is 16.5. The molecular weight excluding hydrogens is 446 g/mol. The second kappa shape index (κ2) is 11.5. The Morgan fingerprint density at radius 1 is 1.06 bits per heavy atom. The molecule has 0 fully saturated rings. The van der Waals surface area contributed by atoms with Crippen molar-refractivity contribution in [3.05, 3.63) is 83.4 Å². The monoisotopic (exact) mass is 471 g/mol. The van der Waals surface area contributed by atoms with E-state index in [2.05, 4.69) is 11.1 Å². The third kappa shape index (κ3) is 5.84. The Morgan fingerprint density at radius 2 is 1.74 bits per heavy atom. The van der Waals surface area contributed by atoms with Crippen molar-refractivity contribution in [3.8, 4) is 23.2 Å². The van der Waals surface area contributed by atoms with Crippen LogP contribution in [0.2, 0.25) is 0 Å². The molecule has 3 aromatic carbocycles. The topological polar surface area (TPSA) is 114 Å². The van der Waals surface area contributed by atoms with Gasteiger partial charge in [0.1, 0.15) is 0 Å². The van der Waals surface area contributed by atoms with E-state index in [1.165, 1.54) is 0 Å². The van der Waals surface area contributed by atoms with Gasteiger partial charge < -0.3 is 14.6 Å². The van der Waals surface area contributed by atoms with E-state index in [4.69, 9.17) is 19.4 Å². The summed E-state index contributed by atoms with van der Waals surface area (Å²) in [6.07, 6.45) is 0. The van der Waals surface area contributed by atoms with Crippen molar-refractivity contribution < 1.29 is 24.2 Å². The van der Waals surface area contributed by atoms with Gasteiger partial charge in [-0.1, -0.05) is 48.5 Å². The zero-order valence-corrected chi connectivity index (χ0v) is 19.7. The first-order chi connectivity index (χ1) is 16.9. The number of carbonyl (C=O) groups is 2. The highest BCUT2D eigenvalue weighted by molar-refractivity contribution is 6.02. The van der Waals surface area contributed by atoms with Crippen LogP contribution in [0.25, 0.3) is 22.2 Å². The van der Waals surface area contributed by atoms with Crippen LogP contribution in [0.15, 0.2) is 66.7 Å². The van der Waals surface area contributed by atoms with Crippen LogP contribution in [-0.4, -0.2) is 40.3 Å². The molecule has 0 amide bonds. The van der Waals surface area contributed by atoms with Crippen LogP contribution in [0, 0.1) is 11.3 Å². The lowest BCUT2D eigenvalue weighted by Crippen LogP contribution is -2.09. The number of ether oxygens (including phenoxy) is 2. The first kappa shape index (κ1) is 25.0. The van der Waals surface area contributed by atoms with Gasteiger partial charge in [-0.3, -0.25) is 9.36 Å². The molecule has 4 rings (SSSR count). The minimum Gasteiger partial charge on any atom is -0.481 e. The third-order valence-corrected chi connectivity index (χ3v) is 5.06. The Hall–Kier alpha value is -4.64. The van der Waals surface area contributed by atoms with Crippen LogP contribution in [0.4, 0.5) is 0 Å². The van der Waals surface area contributed by atoms with Gasteiger partial charge in [-0.2, -0.15) is 10.2 Å². The van der Waals surface area contributed by atoms with Crippen LogP contribution >= 0.6 is 0 Å². The number of rotatable bonds is 6. The standard InChI is InChI=1S/C25H21N3O3.C2H4O2/c1-3-31-24(29)21-9-6-10-22-23(21)28(25(27-22)30-2)16-17-11-13-18(14-12-17)20-8-5-4-7-19(20)15-26;1-2(3)4/h4-14H,3,16H2,1-2H3;1H3,(H,3,4). The molecule has 1 heterocycles. The van der Waals surface area contributed by atoms with E-state index in [0.29, 0.717) is 41.3 Å². The molecule has 8 nitrogen and oxygen atoms in total. The molecule has 4 aromatic rings. The van der Waals surface area contributed by atoms with Gasteiger partial charge in [0, 0.05) is 6.92 Å². The van der Waals surface area contributed by atoms with Gasteiger partial charge in [-0.05, 0) is 41.8 Å². The van der Waals surface area contributed by atoms with Crippen molar-refractivity contribution in [2.45, 2.75) is 20.4 Å². The van der Waals surface area contributed by atoms with E-state index in [-0.39, 0.29) is 5.97 Å². The van der Waals surface area contributed by atoms with Crippen LogP contribution < -0.4 is 4.74 Å². The van der Waals surface area contributed by atoms with Gasteiger partial charge in [0.05, 0.1) is 48.5 Å². The lowest BCUT2D eigenvalue weighted by molar-refractivity contribution is -0.134. The number of esters is 1. The summed E-state index contributed by atoms with van der Waals surface area (Å²) in [6.45, 7) is 3.63. The molecule has 0 aliphatic heterocycles. The molecule has 0 radical (unpaired) electrons. The molecule has 0 unspecified atom stereocenters. The maximum atomic E-state index is 12.5.